The van der Waals surface area contributed by atoms with E-state index >= 15 is 0 Å². The number of hydrogen-bond acceptors (Lipinski definition) is 3. The van der Waals surface area contributed by atoms with Crippen LogP contribution in [0.25, 0.3) is 17.2 Å². The molecule has 0 spiro atoms. The lowest BCUT2D eigenvalue weighted by Gasteiger charge is -2.14. The van der Waals surface area contributed by atoms with Gasteiger partial charge in [0.1, 0.15) is 6.61 Å². The molecule has 0 bridgehead atoms. The number of hydrogen-bond donors (Lipinski definition) is 2. The summed E-state index contributed by atoms with van der Waals surface area (Å²) in [5, 5.41) is 3.26. The molecule has 0 heterocycles. The second-order valence-electron chi connectivity index (χ2n) is 6.89. The van der Waals surface area contributed by atoms with Crippen molar-refractivity contribution in [3.05, 3.63) is 94.5 Å². The number of benzene rings is 3. The van der Waals surface area contributed by atoms with Gasteiger partial charge in [0.15, 0.2) is 0 Å². The van der Waals surface area contributed by atoms with Crippen LogP contribution in [-0.2, 0) is 4.74 Å². The lowest BCUT2D eigenvalue weighted by Crippen LogP contribution is -2.26. The number of anilines is 1. The predicted molar refractivity (Wildman–Crippen MR) is 118 cm³/mol. The Labute approximate surface area is 175 Å². The SMILES string of the molecule is Nc1ccc(C=CCNC(=O)OCC2c3ccccc3-c3ccccc32)cc1Cl. The number of carbonyl (C=O) groups excluding carboxylic acids is 1. The Morgan fingerprint density at radius 3 is 2.34 bits per heavy atom. The number of alkyl carbamates (subject to hydrolysis) is 1. The van der Waals surface area contributed by atoms with Gasteiger partial charge in [-0.1, -0.05) is 78.4 Å². The van der Waals surface area contributed by atoms with E-state index in [0.29, 0.717) is 23.9 Å². The van der Waals surface area contributed by atoms with Crippen LogP contribution in [0.2, 0.25) is 5.02 Å². The van der Waals surface area contributed by atoms with Crippen molar-refractivity contribution in [3.8, 4) is 11.1 Å². The third-order valence-corrected chi connectivity index (χ3v) is 5.37. The van der Waals surface area contributed by atoms with E-state index in [2.05, 4.69) is 29.6 Å². The maximum atomic E-state index is 12.1. The van der Waals surface area contributed by atoms with Crippen molar-refractivity contribution in [1.82, 2.24) is 5.32 Å². The lowest BCUT2D eigenvalue weighted by molar-refractivity contribution is 0.144. The number of fused-ring (bicyclic) bond motifs is 3. The van der Waals surface area contributed by atoms with Gasteiger partial charge < -0.3 is 15.8 Å². The smallest absolute Gasteiger partial charge is 0.407 e. The number of halogens is 1. The number of ether oxygens (including phenoxy) is 1. The van der Waals surface area contributed by atoms with E-state index in [9.17, 15) is 4.79 Å². The lowest BCUT2D eigenvalue weighted by atomic mass is 9.98. The van der Waals surface area contributed by atoms with E-state index in [1.807, 2.05) is 42.5 Å². The minimum absolute atomic E-state index is 0.0561. The number of carbonyl (C=O) groups is 1. The van der Waals surface area contributed by atoms with E-state index in [0.717, 1.165) is 5.56 Å². The number of nitrogens with two attached hydrogens (primary N) is 1. The summed E-state index contributed by atoms with van der Waals surface area (Å²) in [6.45, 7) is 0.663. The molecule has 1 aliphatic carbocycles. The molecule has 1 aliphatic rings. The van der Waals surface area contributed by atoms with Gasteiger partial charge in [-0.3, -0.25) is 0 Å². The highest BCUT2D eigenvalue weighted by Gasteiger charge is 2.28. The number of nitrogens with one attached hydrogen (secondary N) is 1. The Hall–Kier alpha value is -3.24. The van der Waals surface area contributed by atoms with Crippen molar-refractivity contribution in [3.63, 3.8) is 0 Å². The largest absolute Gasteiger partial charge is 0.449 e. The Kier molecular flexibility index (Phi) is 5.54. The molecule has 0 saturated heterocycles. The molecular weight excluding hydrogens is 384 g/mol. The van der Waals surface area contributed by atoms with Crippen LogP contribution in [0.3, 0.4) is 0 Å². The molecule has 0 aromatic heterocycles. The van der Waals surface area contributed by atoms with Crippen molar-refractivity contribution in [2.24, 2.45) is 0 Å². The first kappa shape index (κ1) is 19.1. The zero-order valence-electron chi connectivity index (χ0n) is 15.8. The molecule has 146 valence electrons. The molecule has 4 rings (SSSR count). The van der Waals surface area contributed by atoms with E-state index in [4.69, 9.17) is 22.1 Å². The van der Waals surface area contributed by atoms with Gasteiger partial charge in [-0.2, -0.15) is 0 Å². The average Bonchev–Trinajstić information content (AvgIpc) is 3.06. The summed E-state index contributed by atoms with van der Waals surface area (Å²) in [5.74, 6) is 0.0561. The van der Waals surface area contributed by atoms with Crippen molar-refractivity contribution in [2.45, 2.75) is 5.92 Å². The average molecular weight is 405 g/mol. The fourth-order valence-electron chi connectivity index (χ4n) is 3.63. The number of amides is 1. The Balaban J connectivity index is 1.33. The third kappa shape index (κ3) is 4.13. The molecule has 5 heteroatoms. The first-order valence-electron chi connectivity index (χ1n) is 9.44. The molecule has 0 fully saturated rings. The maximum Gasteiger partial charge on any atom is 0.407 e. The van der Waals surface area contributed by atoms with Crippen molar-refractivity contribution < 1.29 is 9.53 Å². The Bertz CT molecular complexity index is 1030. The number of rotatable bonds is 5. The van der Waals surface area contributed by atoms with Gasteiger partial charge in [0, 0.05) is 12.5 Å². The van der Waals surface area contributed by atoms with Gasteiger partial charge in [-0.05, 0) is 39.9 Å². The standard InChI is InChI=1S/C24H21ClN2O2/c25-22-14-16(11-12-23(22)26)6-5-13-27-24(28)29-15-21-19-9-3-1-7-17(19)18-8-2-4-10-20(18)21/h1-12,14,21H,13,15,26H2,(H,27,28). The fourth-order valence-corrected chi connectivity index (χ4v) is 3.82. The zero-order valence-corrected chi connectivity index (χ0v) is 16.5. The Morgan fingerprint density at radius 1 is 1.03 bits per heavy atom. The van der Waals surface area contributed by atoms with E-state index in [1.165, 1.54) is 22.3 Å². The second-order valence-corrected chi connectivity index (χ2v) is 7.30. The van der Waals surface area contributed by atoms with Gasteiger partial charge in [-0.25, -0.2) is 4.79 Å². The predicted octanol–water partition coefficient (Wildman–Crippen LogP) is 5.47. The maximum absolute atomic E-state index is 12.1. The summed E-state index contributed by atoms with van der Waals surface area (Å²) in [7, 11) is 0. The summed E-state index contributed by atoms with van der Waals surface area (Å²) in [6, 6.07) is 21.9. The van der Waals surface area contributed by atoms with E-state index < -0.39 is 6.09 Å². The third-order valence-electron chi connectivity index (χ3n) is 5.04. The van der Waals surface area contributed by atoms with Gasteiger partial charge >= 0.3 is 6.09 Å². The van der Waals surface area contributed by atoms with Crippen molar-refractivity contribution in [1.29, 1.82) is 0 Å². The molecule has 0 unspecified atom stereocenters. The van der Waals surface area contributed by atoms with Crippen LogP contribution in [-0.4, -0.2) is 19.2 Å². The monoisotopic (exact) mass is 404 g/mol. The van der Waals surface area contributed by atoms with Crippen LogP contribution >= 0.6 is 11.6 Å². The normalized spacial score (nSPS) is 12.6. The first-order valence-corrected chi connectivity index (χ1v) is 9.81. The molecule has 3 N–H and O–H groups in total. The van der Waals surface area contributed by atoms with Gasteiger partial charge in [-0.15, -0.1) is 0 Å². The summed E-state index contributed by atoms with van der Waals surface area (Å²) in [6.07, 6.45) is 3.27. The van der Waals surface area contributed by atoms with Crippen molar-refractivity contribution >= 4 is 29.5 Å². The minimum atomic E-state index is -0.438. The van der Waals surface area contributed by atoms with Gasteiger partial charge in [0.25, 0.3) is 0 Å². The van der Waals surface area contributed by atoms with Crippen LogP contribution in [0, 0.1) is 0 Å². The van der Waals surface area contributed by atoms with Crippen LogP contribution < -0.4 is 11.1 Å². The topological polar surface area (TPSA) is 64.3 Å². The molecule has 4 nitrogen and oxygen atoms in total. The van der Waals surface area contributed by atoms with Gasteiger partial charge in [0.2, 0.25) is 0 Å². The second kappa shape index (κ2) is 8.41. The first-order chi connectivity index (χ1) is 14.1. The molecule has 0 atom stereocenters. The molecule has 1 amide bonds. The van der Waals surface area contributed by atoms with Crippen molar-refractivity contribution in [2.75, 3.05) is 18.9 Å². The molecule has 0 radical (unpaired) electrons. The molecule has 0 aliphatic heterocycles. The summed E-state index contributed by atoms with van der Waals surface area (Å²) >= 11 is 6.00. The van der Waals surface area contributed by atoms with Crippen LogP contribution in [0.5, 0.6) is 0 Å². The quantitative estimate of drug-likeness (QED) is 0.554. The fraction of sp³-hybridized carbons (Fsp3) is 0.125. The molecule has 3 aromatic carbocycles. The molecule has 3 aromatic rings. The minimum Gasteiger partial charge on any atom is -0.449 e. The molecule has 29 heavy (non-hydrogen) atoms. The molecular formula is C24H21ClN2O2. The number of nitrogen functional groups attached to an aromatic ring is 1. The van der Waals surface area contributed by atoms with Crippen LogP contribution in [0.4, 0.5) is 10.5 Å². The highest BCUT2D eigenvalue weighted by atomic mass is 35.5. The van der Waals surface area contributed by atoms with Gasteiger partial charge in [0.05, 0.1) is 10.7 Å². The summed E-state index contributed by atoms with van der Waals surface area (Å²) in [5.41, 5.74) is 12.0. The van der Waals surface area contributed by atoms with E-state index in [1.54, 1.807) is 12.1 Å². The van der Waals surface area contributed by atoms with E-state index in [-0.39, 0.29) is 5.92 Å². The van der Waals surface area contributed by atoms with Crippen LogP contribution in [0.15, 0.2) is 72.8 Å². The highest BCUT2D eigenvalue weighted by Crippen LogP contribution is 2.44. The zero-order chi connectivity index (χ0) is 20.2. The summed E-state index contributed by atoms with van der Waals surface area (Å²) < 4.78 is 5.51. The summed E-state index contributed by atoms with van der Waals surface area (Å²) in [4.78, 5) is 12.1. The Morgan fingerprint density at radius 2 is 1.69 bits per heavy atom. The highest BCUT2D eigenvalue weighted by molar-refractivity contribution is 6.33. The molecule has 0 saturated carbocycles. The van der Waals surface area contributed by atoms with Crippen LogP contribution in [0.1, 0.15) is 22.6 Å².